The van der Waals surface area contributed by atoms with Crippen molar-refractivity contribution in [2.45, 2.75) is 0 Å². The number of carbonyl (C=O) groups excluding carboxylic acids is 2. The van der Waals surface area contributed by atoms with Crippen LogP contribution >= 0.6 is 31.9 Å². The molecule has 0 aliphatic carbocycles. The second kappa shape index (κ2) is 9.62. The van der Waals surface area contributed by atoms with E-state index >= 15 is 0 Å². The monoisotopic (exact) mass is 516 g/mol. The Kier molecular flexibility index (Phi) is 6.95. The minimum absolute atomic E-state index is 0.0778. The summed E-state index contributed by atoms with van der Waals surface area (Å²) in [4.78, 5) is 25.4. The van der Waals surface area contributed by atoms with Gasteiger partial charge >= 0.3 is 0 Å². The highest BCUT2D eigenvalue weighted by Crippen LogP contribution is 2.17. The quantitative estimate of drug-likeness (QED) is 0.423. The molecule has 2 N–H and O–H groups in total. The number of rotatable bonds is 5. The molecule has 146 valence electrons. The number of hydrogen-bond donors (Lipinski definition) is 2. The van der Waals surface area contributed by atoms with Gasteiger partial charge in [0.2, 0.25) is 0 Å². The van der Waals surface area contributed by atoms with Crippen LogP contribution in [0.15, 0.2) is 87.4 Å². The molecule has 3 rings (SSSR count). The van der Waals surface area contributed by atoms with E-state index in [-0.39, 0.29) is 11.3 Å². The molecule has 0 saturated carbocycles. The Hall–Kier alpha value is -2.77. The molecule has 2 amide bonds. The summed E-state index contributed by atoms with van der Waals surface area (Å²) in [5, 5.41) is 5.28. The average Bonchev–Trinajstić information content (AvgIpc) is 2.71. The Morgan fingerprint density at radius 2 is 1.41 bits per heavy atom. The highest BCUT2D eigenvalue weighted by Gasteiger charge is 2.16. The SMILES string of the molecule is O=C(Nc1ccc(Br)cc1)C(=Cc1ccccc1F)NC(=O)c1ccc(Br)cc1. The number of anilines is 1. The summed E-state index contributed by atoms with van der Waals surface area (Å²) in [6, 6.07) is 19.6. The summed E-state index contributed by atoms with van der Waals surface area (Å²) >= 11 is 6.64. The normalized spacial score (nSPS) is 11.1. The summed E-state index contributed by atoms with van der Waals surface area (Å²) in [7, 11) is 0. The largest absolute Gasteiger partial charge is 0.321 e. The molecular weight excluding hydrogens is 503 g/mol. The van der Waals surface area contributed by atoms with Crippen LogP contribution in [-0.2, 0) is 4.79 Å². The molecule has 0 spiro atoms. The van der Waals surface area contributed by atoms with Gasteiger partial charge < -0.3 is 10.6 Å². The lowest BCUT2D eigenvalue weighted by molar-refractivity contribution is -0.113. The van der Waals surface area contributed by atoms with E-state index in [4.69, 9.17) is 0 Å². The van der Waals surface area contributed by atoms with Gasteiger partial charge in [-0.2, -0.15) is 0 Å². The molecule has 7 heteroatoms. The van der Waals surface area contributed by atoms with E-state index in [9.17, 15) is 14.0 Å². The van der Waals surface area contributed by atoms with Crippen LogP contribution in [0.4, 0.5) is 10.1 Å². The molecule has 0 aromatic heterocycles. The third-order valence-electron chi connectivity index (χ3n) is 3.91. The van der Waals surface area contributed by atoms with Crippen molar-refractivity contribution in [1.29, 1.82) is 0 Å². The lowest BCUT2D eigenvalue weighted by Crippen LogP contribution is -2.30. The maximum Gasteiger partial charge on any atom is 0.272 e. The van der Waals surface area contributed by atoms with Gasteiger partial charge in [-0.15, -0.1) is 0 Å². The first-order valence-corrected chi connectivity index (χ1v) is 10.1. The standard InChI is InChI=1S/C22H15Br2FN2O2/c23-16-7-5-14(6-8-16)21(28)27-20(13-15-3-1-2-4-19(15)25)22(29)26-18-11-9-17(24)10-12-18/h1-13H,(H,26,29)(H,27,28). The predicted octanol–water partition coefficient (Wildman–Crippen LogP) is 5.76. The van der Waals surface area contributed by atoms with Gasteiger partial charge in [-0.3, -0.25) is 9.59 Å². The zero-order chi connectivity index (χ0) is 20.8. The van der Waals surface area contributed by atoms with E-state index in [1.54, 1.807) is 60.7 Å². The molecule has 0 aliphatic rings. The fourth-order valence-electron chi connectivity index (χ4n) is 2.43. The molecule has 0 heterocycles. The summed E-state index contributed by atoms with van der Waals surface area (Å²) in [6.07, 6.45) is 1.31. The third kappa shape index (κ3) is 5.85. The van der Waals surface area contributed by atoms with Crippen molar-refractivity contribution in [2.24, 2.45) is 0 Å². The number of hydrogen-bond acceptors (Lipinski definition) is 2. The van der Waals surface area contributed by atoms with Crippen LogP contribution in [0.2, 0.25) is 0 Å². The predicted molar refractivity (Wildman–Crippen MR) is 119 cm³/mol. The van der Waals surface area contributed by atoms with Crippen LogP contribution < -0.4 is 10.6 Å². The van der Waals surface area contributed by atoms with Crippen LogP contribution in [0, 0.1) is 5.82 Å². The number of carbonyl (C=O) groups is 2. The van der Waals surface area contributed by atoms with Crippen molar-refractivity contribution in [1.82, 2.24) is 5.32 Å². The molecule has 4 nitrogen and oxygen atoms in total. The number of benzene rings is 3. The van der Waals surface area contributed by atoms with Crippen LogP contribution in [0.25, 0.3) is 6.08 Å². The first-order valence-electron chi connectivity index (χ1n) is 8.52. The summed E-state index contributed by atoms with van der Waals surface area (Å²) in [5.41, 5.74) is 1.01. The highest BCUT2D eigenvalue weighted by molar-refractivity contribution is 9.10. The lowest BCUT2D eigenvalue weighted by atomic mass is 10.1. The van der Waals surface area contributed by atoms with Crippen molar-refractivity contribution in [3.63, 3.8) is 0 Å². The topological polar surface area (TPSA) is 58.2 Å². The molecular formula is C22H15Br2FN2O2. The van der Waals surface area contributed by atoms with E-state index < -0.39 is 17.6 Å². The van der Waals surface area contributed by atoms with Crippen LogP contribution in [0.3, 0.4) is 0 Å². The average molecular weight is 518 g/mol. The Balaban J connectivity index is 1.89. The maximum atomic E-state index is 14.1. The Morgan fingerprint density at radius 3 is 2.03 bits per heavy atom. The Labute approximate surface area is 184 Å². The van der Waals surface area contributed by atoms with Gasteiger partial charge in [-0.1, -0.05) is 50.1 Å². The first-order chi connectivity index (χ1) is 13.9. The smallest absolute Gasteiger partial charge is 0.272 e. The molecule has 0 saturated heterocycles. The van der Waals surface area contributed by atoms with Crippen LogP contribution in [0.5, 0.6) is 0 Å². The zero-order valence-electron chi connectivity index (χ0n) is 15.0. The molecule has 0 atom stereocenters. The first kappa shape index (κ1) is 21.0. The van der Waals surface area contributed by atoms with Gasteiger partial charge in [0.25, 0.3) is 11.8 Å². The van der Waals surface area contributed by atoms with Gasteiger partial charge in [0, 0.05) is 25.8 Å². The number of halogens is 3. The van der Waals surface area contributed by atoms with Gasteiger partial charge in [0.1, 0.15) is 11.5 Å². The van der Waals surface area contributed by atoms with Crippen LogP contribution in [0.1, 0.15) is 15.9 Å². The summed E-state index contributed by atoms with van der Waals surface area (Å²) in [5.74, 6) is -1.55. The minimum Gasteiger partial charge on any atom is -0.321 e. The van der Waals surface area contributed by atoms with Crippen molar-refractivity contribution in [3.8, 4) is 0 Å². The van der Waals surface area contributed by atoms with E-state index in [0.717, 1.165) is 8.95 Å². The molecule has 0 bridgehead atoms. The second-order valence-corrected chi connectivity index (χ2v) is 7.83. The van der Waals surface area contributed by atoms with Gasteiger partial charge in [-0.05, 0) is 60.7 Å². The fraction of sp³-hybridized carbons (Fsp3) is 0. The zero-order valence-corrected chi connectivity index (χ0v) is 18.1. The molecule has 3 aromatic carbocycles. The van der Waals surface area contributed by atoms with Crippen molar-refractivity contribution in [3.05, 3.63) is 104 Å². The fourth-order valence-corrected chi connectivity index (χ4v) is 2.96. The Morgan fingerprint density at radius 1 is 0.828 bits per heavy atom. The van der Waals surface area contributed by atoms with Crippen molar-refractivity contribution >= 4 is 55.4 Å². The van der Waals surface area contributed by atoms with Crippen molar-refractivity contribution < 1.29 is 14.0 Å². The summed E-state index contributed by atoms with van der Waals surface area (Å²) in [6.45, 7) is 0. The van der Waals surface area contributed by atoms with E-state index in [1.165, 1.54) is 18.2 Å². The molecule has 3 aromatic rings. The van der Waals surface area contributed by atoms with E-state index in [1.807, 2.05) is 0 Å². The van der Waals surface area contributed by atoms with Crippen molar-refractivity contribution in [2.75, 3.05) is 5.32 Å². The molecule has 0 radical (unpaired) electrons. The summed E-state index contributed by atoms with van der Waals surface area (Å²) < 4.78 is 15.8. The van der Waals surface area contributed by atoms with Gasteiger partial charge in [-0.25, -0.2) is 4.39 Å². The highest BCUT2D eigenvalue weighted by atomic mass is 79.9. The number of nitrogens with one attached hydrogen (secondary N) is 2. The molecule has 29 heavy (non-hydrogen) atoms. The van der Waals surface area contributed by atoms with E-state index in [2.05, 4.69) is 42.5 Å². The Bertz CT molecular complexity index is 1060. The second-order valence-electron chi connectivity index (χ2n) is 6.00. The molecule has 0 unspecified atom stereocenters. The molecule has 0 fully saturated rings. The van der Waals surface area contributed by atoms with Crippen LogP contribution in [-0.4, -0.2) is 11.8 Å². The van der Waals surface area contributed by atoms with E-state index in [0.29, 0.717) is 11.3 Å². The van der Waals surface area contributed by atoms with Gasteiger partial charge in [0.05, 0.1) is 0 Å². The third-order valence-corrected chi connectivity index (χ3v) is 4.96. The minimum atomic E-state index is -0.568. The molecule has 0 aliphatic heterocycles. The lowest BCUT2D eigenvalue weighted by Gasteiger charge is -2.12. The number of amides is 2. The van der Waals surface area contributed by atoms with Gasteiger partial charge in [0.15, 0.2) is 0 Å². The maximum absolute atomic E-state index is 14.1.